The van der Waals surface area contributed by atoms with Crippen molar-refractivity contribution in [3.63, 3.8) is 0 Å². The van der Waals surface area contributed by atoms with Crippen molar-refractivity contribution in [1.82, 2.24) is 24.7 Å². The second kappa shape index (κ2) is 7.69. The first kappa shape index (κ1) is 20.3. The lowest BCUT2D eigenvalue weighted by molar-refractivity contribution is 0.418. The van der Waals surface area contributed by atoms with Gasteiger partial charge in [0.1, 0.15) is 11.2 Å². The number of hydrogen-bond acceptors (Lipinski definition) is 6. The molecule has 4 aromatic rings. The molecule has 0 bridgehead atoms. The summed E-state index contributed by atoms with van der Waals surface area (Å²) in [5, 5.41) is 25.1. The van der Waals surface area contributed by atoms with E-state index in [2.05, 4.69) is 26.1 Å². The van der Waals surface area contributed by atoms with Crippen molar-refractivity contribution in [1.29, 1.82) is 5.26 Å². The highest BCUT2D eigenvalue weighted by Gasteiger charge is 2.21. The molecule has 4 aromatic heterocycles. The van der Waals surface area contributed by atoms with Gasteiger partial charge in [0.25, 0.3) is 0 Å². The first-order chi connectivity index (χ1) is 14.8. The number of aromatic hydroxyl groups is 1. The molecular weight excluding hydrogens is 390 g/mol. The molecule has 4 heterocycles. The number of hydrogen-bond donors (Lipinski definition) is 2. The number of nitrogens with one attached hydrogen (secondary N) is 1. The molecule has 8 heteroatoms. The Bertz CT molecular complexity index is 1340. The zero-order valence-electron chi connectivity index (χ0n) is 17.9. The van der Waals surface area contributed by atoms with Crippen molar-refractivity contribution < 1.29 is 5.11 Å². The Morgan fingerprint density at radius 3 is 2.84 bits per heavy atom. The fraction of sp³-hybridized carbons (Fsp3) is 0.261. The van der Waals surface area contributed by atoms with Crippen molar-refractivity contribution in [3.8, 4) is 23.2 Å². The van der Waals surface area contributed by atoms with Gasteiger partial charge in [-0.1, -0.05) is 6.92 Å². The summed E-state index contributed by atoms with van der Waals surface area (Å²) in [6, 6.07) is 6.10. The molecule has 0 atom stereocenters. The Labute approximate surface area is 179 Å². The second-order valence-electron chi connectivity index (χ2n) is 7.88. The van der Waals surface area contributed by atoms with Crippen LogP contribution in [0.15, 0.2) is 48.1 Å². The molecule has 0 saturated heterocycles. The lowest BCUT2D eigenvalue weighted by Gasteiger charge is -2.14. The van der Waals surface area contributed by atoms with E-state index < -0.39 is 5.54 Å². The molecule has 0 unspecified atom stereocenters. The Hall–Kier alpha value is -3.99. The summed E-state index contributed by atoms with van der Waals surface area (Å²) in [7, 11) is 0. The van der Waals surface area contributed by atoms with Gasteiger partial charge in [0.2, 0.25) is 0 Å². The minimum absolute atomic E-state index is 0.0437. The van der Waals surface area contributed by atoms with E-state index in [1.807, 2.05) is 26.0 Å². The molecule has 0 aliphatic rings. The Kier molecular flexibility index (Phi) is 5.03. The van der Waals surface area contributed by atoms with Gasteiger partial charge < -0.3 is 10.1 Å². The first-order valence-corrected chi connectivity index (χ1v) is 10.00. The fourth-order valence-electron chi connectivity index (χ4n) is 3.45. The SMILES string of the molecule is CCC(=Nc1cnn(C(C)(C)C#N)c1)c1c(O)[nH]c2cnc(-c3cnccc3C)cc12. The average molecular weight is 413 g/mol. The quantitative estimate of drug-likeness (QED) is 0.463. The minimum Gasteiger partial charge on any atom is -0.494 e. The highest BCUT2D eigenvalue weighted by atomic mass is 16.3. The number of aromatic nitrogens is 5. The zero-order valence-corrected chi connectivity index (χ0v) is 17.9. The second-order valence-corrected chi connectivity index (χ2v) is 7.88. The predicted octanol–water partition coefficient (Wildman–Crippen LogP) is 4.62. The molecule has 0 aromatic carbocycles. The van der Waals surface area contributed by atoms with E-state index in [-0.39, 0.29) is 5.88 Å². The summed E-state index contributed by atoms with van der Waals surface area (Å²) >= 11 is 0. The summed E-state index contributed by atoms with van der Waals surface area (Å²) in [6.07, 6.45) is 9.19. The van der Waals surface area contributed by atoms with Crippen LogP contribution in [0.3, 0.4) is 0 Å². The number of pyridine rings is 2. The number of nitrogens with zero attached hydrogens (tertiary/aromatic N) is 6. The van der Waals surface area contributed by atoms with Crippen LogP contribution < -0.4 is 0 Å². The molecule has 0 fully saturated rings. The average Bonchev–Trinajstić information content (AvgIpc) is 3.36. The van der Waals surface area contributed by atoms with Gasteiger partial charge in [-0.15, -0.1) is 0 Å². The van der Waals surface area contributed by atoms with Crippen LogP contribution in [0, 0.1) is 18.3 Å². The molecule has 2 N–H and O–H groups in total. The van der Waals surface area contributed by atoms with Crippen LogP contribution in [-0.4, -0.2) is 35.6 Å². The van der Waals surface area contributed by atoms with Gasteiger partial charge in [-0.05, 0) is 44.9 Å². The summed E-state index contributed by atoms with van der Waals surface area (Å²) in [6.45, 7) is 7.56. The molecule has 4 rings (SSSR count). The molecule has 31 heavy (non-hydrogen) atoms. The zero-order chi connectivity index (χ0) is 22.2. The summed E-state index contributed by atoms with van der Waals surface area (Å²) in [5.41, 5.74) is 4.69. The highest BCUT2D eigenvalue weighted by molar-refractivity contribution is 6.14. The maximum absolute atomic E-state index is 10.7. The monoisotopic (exact) mass is 413 g/mol. The van der Waals surface area contributed by atoms with Crippen LogP contribution in [0.25, 0.3) is 22.2 Å². The summed E-state index contributed by atoms with van der Waals surface area (Å²) < 4.78 is 1.58. The van der Waals surface area contributed by atoms with Crippen LogP contribution >= 0.6 is 0 Å². The lowest BCUT2D eigenvalue weighted by Crippen LogP contribution is -2.24. The van der Waals surface area contributed by atoms with Crippen LogP contribution in [-0.2, 0) is 5.54 Å². The molecule has 0 amide bonds. The molecule has 8 nitrogen and oxygen atoms in total. The topological polar surface area (TPSA) is 116 Å². The number of fused-ring (bicyclic) bond motifs is 1. The van der Waals surface area contributed by atoms with Crippen molar-refractivity contribution in [3.05, 3.63) is 54.2 Å². The van der Waals surface area contributed by atoms with Crippen molar-refractivity contribution in [2.75, 3.05) is 0 Å². The molecule has 0 aliphatic heterocycles. The van der Waals surface area contributed by atoms with Crippen molar-refractivity contribution in [2.45, 2.75) is 39.7 Å². The standard InChI is InChI=1S/C23H23N7O/c1-5-18(28-15-9-27-30(12-15)23(3,4)13-24)21-16-8-19(17-10-25-7-6-14(17)2)26-11-20(16)29-22(21)31/h6-12,29,31H,5H2,1-4H3. The van der Waals surface area contributed by atoms with Crippen molar-refractivity contribution >= 4 is 22.3 Å². The summed E-state index contributed by atoms with van der Waals surface area (Å²) in [4.78, 5) is 16.5. The number of nitriles is 1. The number of H-pyrrole nitrogens is 1. The molecule has 0 radical (unpaired) electrons. The Morgan fingerprint density at radius 1 is 1.32 bits per heavy atom. The van der Waals surface area contributed by atoms with Crippen LogP contribution in [0.5, 0.6) is 5.88 Å². The van der Waals surface area contributed by atoms with Gasteiger partial charge in [0.15, 0.2) is 5.88 Å². The van der Waals surface area contributed by atoms with Crippen molar-refractivity contribution in [2.24, 2.45) is 4.99 Å². The predicted molar refractivity (Wildman–Crippen MR) is 119 cm³/mol. The molecule has 0 aliphatic carbocycles. The van der Waals surface area contributed by atoms with Crippen LogP contribution in [0.1, 0.15) is 38.3 Å². The third-order valence-electron chi connectivity index (χ3n) is 5.28. The number of aliphatic imine (C=N–C) groups is 1. The summed E-state index contributed by atoms with van der Waals surface area (Å²) in [5.74, 6) is 0.0437. The molecular formula is C23H23N7O. The first-order valence-electron chi connectivity index (χ1n) is 10.00. The van der Waals surface area contributed by atoms with Gasteiger partial charge in [-0.3, -0.25) is 14.6 Å². The highest BCUT2D eigenvalue weighted by Crippen LogP contribution is 2.33. The number of aryl methyl sites for hydroxylation is 1. The van der Waals surface area contributed by atoms with Gasteiger partial charge >= 0.3 is 0 Å². The molecule has 0 spiro atoms. The van der Waals surface area contributed by atoms with E-state index >= 15 is 0 Å². The smallest absolute Gasteiger partial charge is 0.198 e. The normalized spacial score (nSPS) is 12.3. The third kappa shape index (κ3) is 3.66. The third-order valence-corrected chi connectivity index (χ3v) is 5.28. The van der Waals surface area contributed by atoms with E-state index in [9.17, 15) is 10.4 Å². The van der Waals surface area contributed by atoms with Crippen LogP contribution in [0.4, 0.5) is 5.69 Å². The number of aromatic amines is 1. The Balaban J connectivity index is 1.83. The van der Waals surface area contributed by atoms with Crippen LogP contribution in [0.2, 0.25) is 0 Å². The Morgan fingerprint density at radius 2 is 2.13 bits per heavy atom. The lowest BCUT2D eigenvalue weighted by atomic mass is 10.0. The maximum Gasteiger partial charge on any atom is 0.198 e. The minimum atomic E-state index is -0.773. The molecule has 156 valence electrons. The van der Waals surface area contributed by atoms with Gasteiger partial charge in [-0.2, -0.15) is 10.4 Å². The van der Waals surface area contributed by atoms with Gasteiger partial charge in [0.05, 0.1) is 47.1 Å². The fourth-order valence-corrected chi connectivity index (χ4v) is 3.45. The largest absolute Gasteiger partial charge is 0.494 e. The van der Waals surface area contributed by atoms with E-state index in [0.717, 1.165) is 27.7 Å². The molecule has 0 saturated carbocycles. The van der Waals surface area contributed by atoms with E-state index in [0.29, 0.717) is 23.4 Å². The maximum atomic E-state index is 10.7. The van der Waals surface area contributed by atoms with Gasteiger partial charge in [-0.25, -0.2) is 4.99 Å². The van der Waals surface area contributed by atoms with E-state index in [1.54, 1.807) is 49.5 Å². The van der Waals surface area contributed by atoms with Gasteiger partial charge in [0, 0.05) is 23.3 Å². The van der Waals surface area contributed by atoms with E-state index in [1.165, 1.54) is 0 Å². The number of rotatable bonds is 5. The van der Waals surface area contributed by atoms with E-state index in [4.69, 9.17) is 4.99 Å².